The molecule has 0 spiro atoms. The summed E-state index contributed by atoms with van der Waals surface area (Å²) in [5.74, 6) is 1.33. The first-order chi connectivity index (χ1) is 7.31. The molecule has 0 amide bonds. The maximum Gasteiger partial charge on any atom is 0.161 e. The van der Waals surface area contributed by atoms with Crippen molar-refractivity contribution in [1.82, 2.24) is 0 Å². The van der Waals surface area contributed by atoms with Gasteiger partial charge in [-0.3, -0.25) is 0 Å². The molecule has 1 aromatic carbocycles. The minimum Gasteiger partial charge on any atom is -0.490 e. The van der Waals surface area contributed by atoms with E-state index in [2.05, 4.69) is 6.58 Å². The summed E-state index contributed by atoms with van der Waals surface area (Å²) in [4.78, 5) is 0. The summed E-state index contributed by atoms with van der Waals surface area (Å²) in [6, 6.07) is 5.38. The van der Waals surface area contributed by atoms with E-state index in [4.69, 9.17) is 14.6 Å². The van der Waals surface area contributed by atoms with Crippen LogP contribution in [0, 0.1) is 0 Å². The number of rotatable bonds is 6. The molecule has 1 aromatic rings. The average Bonchev–Trinajstić information content (AvgIpc) is 2.27. The number of aliphatic hydroxyl groups is 1. The Morgan fingerprint density at radius 1 is 1.33 bits per heavy atom. The quantitative estimate of drug-likeness (QED) is 0.728. The molecule has 0 heterocycles. The summed E-state index contributed by atoms with van der Waals surface area (Å²) < 4.78 is 10.8. The van der Waals surface area contributed by atoms with E-state index in [1.165, 1.54) is 0 Å². The predicted molar refractivity (Wildman–Crippen MR) is 59.2 cm³/mol. The van der Waals surface area contributed by atoms with E-state index in [-0.39, 0.29) is 6.61 Å². The van der Waals surface area contributed by atoms with E-state index in [9.17, 15) is 0 Å². The van der Waals surface area contributed by atoms with Crippen molar-refractivity contribution < 1.29 is 14.6 Å². The first-order valence-electron chi connectivity index (χ1n) is 4.92. The molecular weight excluding hydrogens is 192 g/mol. The highest BCUT2D eigenvalue weighted by molar-refractivity contribution is 5.42. The van der Waals surface area contributed by atoms with Crippen LogP contribution in [0.25, 0.3) is 0 Å². The van der Waals surface area contributed by atoms with E-state index in [0.717, 1.165) is 5.56 Å². The fraction of sp³-hybridized carbons (Fsp3) is 0.333. The summed E-state index contributed by atoms with van der Waals surface area (Å²) in [5.41, 5.74) is 0.810. The molecule has 0 atom stereocenters. The zero-order valence-corrected chi connectivity index (χ0v) is 8.90. The summed E-state index contributed by atoms with van der Waals surface area (Å²) in [6.07, 6.45) is 1.68. The number of benzene rings is 1. The Labute approximate surface area is 90.0 Å². The van der Waals surface area contributed by atoms with Crippen LogP contribution in [0.3, 0.4) is 0 Å². The molecule has 0 aromatic heterocycles. The lowest BCUT2D eigenvalue weighted by atomic mass is 10.2. The highest BCUT2D eigenvalue weighted by Gasteiger charge is 2.05. The number of aliphatic hydroxyl groups excluding tert-OH is 1. The van der Waals surface area contributed by atoms with Crippen molar-refractivity contribution in [2.24, 2.45) is 0 Å². The Hall–Kier alpha value is -1.48. The second-order valence-electron chi connectivity index (χ2n) is 2.97. The molecule has 0 fully saturated rings. The Bertz CT molecular complexity index is 321. The summed E-state index contributed by atoms with van der Waals surface area (Å²) >= 11 is 0. The fourth-order valence-electron chi connectivity index (χ4n) is 1.19. The molecule has 3 heteroatoms. The number of ether oxygens (including phenoxy) is 2. The molecule has 0 aliphatic carbocycles. The highest BCUT2D eigenvalue weighted by atomic mass is 16.5. The Kier molecular flexibility index (Phi) is 4.71. The molecule has 0 unspecified atom stereocenters. The summed E-state index contributed by atoms with van der Waals surface area (Å²) in [6.45, 7) is 6.50. The van der Waals surface area contributed by atoms with Crippen LogP contribution in [-0.2, 0) is 6.61 Å². The van der Waals surface area contributed by atoms with Gasteiger partial charge in [-0.05, 0) is 24.6 Å². The molecule has 15 heavy (non-hydrogen) atoms. The molecule has 1 rings (SSSR count). The SMILES string of the molecule is C=CCOc1ccc(CO)cc1OCC. The molecule has 0 radical (unpaired) electrons. The van der Waals surface area contributed by atoms with Gasteiger partial charge in [0, 0.05) is 0 Å². The van der Waals surface area contributed by atoms with Gasteiger partial charge in [-0.2, -0.15) is 0 Å². The van der Waals surface area contributed by atoms with Crippen LogP contribution >= 0.6 is 0 Å². The Morgan fingerprint density at radius 3 is 2.73 bits per heavy atom. The van der Waals surface area contributed by atoms with Crippen molar-refractivity contribution in [3.05, 3.63) is 36.4 Å². The third kappa shape index (κ3) is 3.29. The maximum absolute atomic E-state index is 8.98. The van der Waals surface area contributed by atoms with Crippen molar-refractivity contribution in [3.63, 3.8) is 0 Å². The molecular formula is C12H16O3. The minimum absolute atomic E-state index is 0.00180. The van der Waals surface area contributed by atoms with Gasteiger partial charge in [0.15, 0.2) is 11.5 Å². The lowest BCUT2D eigenvalue weighted by Gasteiger charge is -2.11. The van der Waals surface area contributed by atoms with Crippen molar-refractivity contribution >= 4 is 0 Å². The molecule has 0 aliphatic heterocycles. The molecule has 82 valence electrons. The average molecular weight is 208 g/mol. The number of hydrogen-bond donors (Lipinski definition) is 1. The van der Waals surface area contributed by atoms with Crippen LogP contribution in [0.5, 0.6) is 11.5 Å². The van der Waals surface area contributed by atoms with Gasteiger partial charge in [0.05, 0.1) is 13.2 Å². The van der Waals surface area contributed by atoms with Gasteiger partial charge in [-0.1, -0.05) is 18.7 Å². The summed E-state index contributed by atoms with van der Waals surface area (Å²) in [5, 5.41) is 8.98. The summed E-state index contributed by atoms with van der Waals surface area (Å²) in [7, 11) is 0. The van der Waals surface area contributed by atoms with Crippen LogP contribution in [-0.4, -0.2) is 18.3 Å². The van der Waals surface area contributed by atoms with E-state index in [0.29, 0.717) is 24.7 Å². The molecule has 0 bridgehead atoms. The van der Waals surface area contributed by atoms with E-state index in [1.807, 2.05) is 6.92 Å². The van der Waals surface area contributed by atoms with Crippen molar-refractivity contribution in [2.75, 3.05) is 13.2 Å². The van der Waals surface area contributed by atoms with Gasteiger partial charge in [0.25, 0.3) is 0 Å². The van der Waals surface area contributed by atoms with Crippen LogP contribution in [0.15, 0.2) is 30.9 Å². The van der Waals surface area contributed by atoms with Crippen molar-refractivity contribution in [2.45, 2.75) is 13.5 Å². The topological polar surface area (TPSA) is 38.7 Å². The van der Waals surface area contributed by atoms with Gasteiger partial charge >= 0.3 is 0 Å². The predicted octanol–water partition coefficient (Wildman–Crippen LogP) is 2.14. The normalized spacial score (nSPS) is 9.73. The minimum atomic E-state index is 0.00180. The first-order valence-corrected chi connectivity index (χ1v) is 4.92. The standard InChI is InChI=1S/C12H16O3/c1-3-7-15-11-6-5-10(9-13)8-12(11)14-4-2/h3,5-6,8,13H,1,4,7,9H2,2H3. The zero-order valence-electron chi connectivity index (χ0n) is 8.90. The van der Waals surface area contributed by atoms with Crippen LogP contribution < -0.4 is 9.47 Å². The first kappa shape index (κ1) is 11.6. The molecule has 0 saturated heterocycles. The maximum atomic E-state index is 8.98. The van der Waals surface area contributed by atoms with Crippen LogP contribution in [0.1, 0.15) is 12.5 Å². The molecule has 0 aliphatic rings. The second kappa shape index (κ2) is 6.09. The van der Waals surface area contributed by atoms with Gasteiger partial charge in [0.2, 0.25) is 0 Å². The van der Waals surface area contributed by atoms with Gasteiger partial charge in [0.1, 0.15) is 6.61 Å². The third-order valence-electron chi connectivity index (χ3n) is 1.85. The van der Waals surface area contributed by atoms with E-state index >= 15 is 0 Å². The lowest BCUT2D eigenvalue weighted by Crippen LogP contribution is -1.99. The van der Waals surface area contributed by atoms with Gasteiger partial charge < -0.3 is 14.6 Å². The Morgan fingerprint density at radius 2 is 2.13 bits per heavy atom. The smallest absolute Gasteiger partial charge is 0.161 e. The second-order valence-corrected chi connectivity index (χ2v) is 2.97. The molecule has 1 N–H and O–H groups in total. The van der Waals surface area contributed by atoms with Crippen LogP contribution in [0.4, 0.5) is 0 Å². The Balaban J connectivity index is 2.87. The van der Waals surface area contributed by atoms with E-state index in [1.54, 1.807) is 24.3 Å². The largest absolute Gasteiger partial charge is 0.490 e. The third-order valence-corrected chi connectivity index (χ3v) is 1.85. The molecule has 0 saturated carbocycles. The zero-order chi connectivity index (χ0) is 11.1. The highest BCUT2D eigenvalue weighted by Crippen LogP contribution is 2.28. The fourth-order valence-corrected chi connectivity index (χ4v) is 1.19. The lowest BCUT2D eigenvalue weighted by molar-refractivity contribution is 0.276. The number of hydrogen-bond acceptors (Lipinski definition) is 3. The van der Waals surface area contributed by atoms with Gasteiger partial charge in [-0.15, -0.1) is 0 Å². The van der Waals surface area contributed by atoms with Gasteiger partial charge in [-0.25, -0.2) is 0 Å². The van der Waals surface area contributed by atoms with E-state index < -0.39 is 0 Å². The van der Waals surface area contributed by atoms with Crippen molar-refractivity contribution in [1.29, 1.82) is 0 Å². The molecule has 3 nitrogen and oxygen atoms in total. The monoisotopic (exact) mass is 208 g/mol. The van der Waals surface area contributed by atoms with Crippen molar-refractivity contribution in [3.8, 4) is 11.5 Å². The van der Waals surface area contributed by atoms with Crippen LogP contribution in [0.2, 0.25) is 0 Å².